The summed E-state index contributed by atoms with van der Waals surface area (Å²) in [6.45, 7) is 4.24. The molecule has 0 spiro atoms. The fourth-order valence-corrected chi connectivity index (χ4v) is 2.40. The van der Waals surface area contributed by atoms with Crippen LogP contribution in [0.3, 0.4) is 0 Å². The number of hydrogen-bond acceptors (Lipinski definition) is 3. The lowest BCUT2D eigenvalue weighted by Crippen LogP contribution is -2.28. The first-order valence-electron chi connectivity index (χ1n) is 5.86. The molecule has 1 fully saturated rings. The highest BCUT2D eigenvalue weighted by Gasteiger charge is 2.15. The lowest BCUT2D eigenvalue weighted by Gasteiger charge is -2.23. The van der Waals surface area contributed by atoms with Crippen molar-refractivity contribution in [3.05, 3.63) is 29.7 Å². The van der Waals surface area contributed by atoms with Gasteiger partial charge in [-0.05, 0) is 43.9 Å². The molecule has 1 aliphatic heterocycles. The van der Waals surface area contributed by atoms with Gasteiger partial charge in [-0.15, -0.1) is 10.2 Å². The largest absolute Gasteiger partial charge is 0.316 e. The van der Waals surface area contributed by atoms with Crippen LogP contribution in [-0.4, -0.2) is 27.7 Å². The third-order valence-corrected chi connectivity index (χ3v) is 3.36. The standard InChI is InChI=1S/C12H16N4/c1-9-14-15-12-5-4-11(8-16(9)12)10-3-2-6-13-7-10/h4-5,8,10,13H,2-3,6-7H2,1H3. The Bertz CT molecular complexity index is 497. The predicted molar refractivity (Wildman–Crippen MR) is 62.6 cm³/mol. The number of fused-ring (bicyclic) bond motifs is 1. The topological polar surface area (TPSA) is 42.2 Å². The molecule has 1 aliphatic rings. The lowest BCUT2D eigenvalue weighted by molar-refractivity contribution is 0.460. The van der Waals surface area contributed by atoms with Gasteiger partial charge in [0.05, 0.1) is 0 Å². The monoisotopic (exact) mass is 216 g/mol. The van der Waals surface area contributed by atoms with Crippen molar-refractivity contribution in [1.29, 1.82) is 0 Å². The summed E-state index contributed by atoms with van der Waals surface area (Å²) in [7, 11) is 0. The van der Waals surface area contributed by atoms with Gasteiger partial charge >= 0.3 is 0 Å². The van der Waals surface area contributed by atoms with Crippen LogP contribution < -0.4 is 5.32 Å². The summed E-state index contributed by atoms with van der Waals surface area (Å²) in [6.07, 6.45) is 4.73. The average molecular weight is 216 g/mol. The molecule has 84 valence electrons. The van der Waals surface area contributed by atoms with Crippen LogP contribution in [0.5, 0.6) is 0 Å². The number of aryl methyl sites for hydroxylation is 1. The molecule has 16 heavy (non-hydrogen) atoms. The number of rotatable bonds is 1. The van der Waals surface area contributed by atoms with E-state index in [4.69, 9.17) is 0 Å². The van der Waals surface area contributed by atoms with Crippen LogP contribution in [0.25, 0.3) is 5.65 Å². The first kappa shape index (κ1) is 9.78. The highest BCUT2D eigenvalue weighted by molar-refractivity contribution is 5.40. The summed E-state index contributed by atoms with van der Waals surface area (Å²) in [6, 6.07) is 4.24. The van der Waals surface area contributed by atoms with Crippen molar-refractivity contribution in [3.63, 3.8) is 0 Å². The van der Waals surface area contributed by atoms with Gasteiger partial charge in [-0.25, -0.2) is 0 Å². The van der Waals surface area contributed by atoms with E-state index in [2.05, 4.69) is 38.2 Å². The van der Waals surface area contributed by atoms with Gasteiger partial charge in [0.2, 0.25) is 0 Å². The maximum absolute atomic E-state index is 4.10. The van der Waals surface area contributed by atoms with Gasteiger partial charge in [0, 0.05) is 12.7 Å². The second-order valence-electron chi connectivity index (χ2n) is 4.48. The van der Waals surface area contributed by atoms with E-state index in [1.807, 2.05) is 6.92 Å². The summed E-state index contributed by atoms with van der Waals surface area (Å²) < 4.78 is 2.07. The minimum absolute atomic E-state index is 0.639. The van der Waals surface area contributed by atoms with Gasteiger partial charge < -0.3 is 5.32 Å². The van der Waals surface area contributed by atoms with E-state index >= 15 is 0 Å². The van der Waals surface area contributed by atoms with Crippen LogP contribution in [-0.2, 0) is 0 Å². The van der Waals surface area contributed by atoms with Crippen molar-refractivity contribution in [1.82, 2.24) is 19.9 Å². The Morgan fingerprint density at radius 2 is 2.31 bits per heavy atom. The third kappa shape index (κ3) is 1.59. The Kier molecular flexibility index (Phi) is 2.36. The van der Waals surface area contributed by atoms with Crippen LogP contribution in [0.15, 0.2) is 18.3 Å². The van der Waals surface area contributed by atoms with Gasteiger partial charge in [-0.2, -0.15) is 0 Å². The summed E-state index contributed by atoms with van der Waals surface area (Å²) in [5.74, 6) is 1.60. The number of nitrogens with one attached hydrogen (secondary N) is 1. The molecule has 0 bridgehead atoms. The molecule has 3 heterocycles. The first-order valence-corrected chi connectivity index (χ1v) is 5.86. The van der Waals surface area contributed by atoms with Crippen molar-refractivity contribution in [3.8, 4) is 0 Å². The van der Waals surface area contributed by atoms with E-state index in [9.17, 15) is 0 Å². The molecule has 0 amide bonds. The number of pyridine rings is 1. The van der Waals surface area contributed by atoms with Crippen LogP contribution >= 0.6 is 0 Å². The second-order valence-corrected chi connectivity index (χ2v) is 4.48. The van der Waals surface area contributed by atoms with Crippen molar-refractivity contribution in [2.45, 2.75) is 25.7 Å². The lowest BCUT2D eigenvalue weighted by atomic mass is 9.93. The molecule has 2 aromatic rings. The number of piperidine rings is 1. The van der Waals surface area contributed by atoms with E-state index in [1.165, 1.54) is 18.4 Å². The Morgan fingerprint density at radius 1 is 1.38 bits per heavy atom. The number of aromatic nitrogens is 3. The normalized spacial score (nSPS) is 21.4. The Labute approximate surface area is 94.7 Å². The van der Waals surface area contributed by atoms with Crippen LogP contribution in [0.1, 0.15) is 30.1 Å². The Hall–Kier alpha value is -1.42. The number of nitrogens with zero attached hydrogens (tertiary/aromatic N) is 3. The summed E-state index contributed by atoms with van der Waals surface area (Å²) in [4.78, 5) is 0. The quantitative estimate of drug-likeness (QED) is 0.785. The molecule has 3 rings (SSSR count). The minimum atomic E-state index is 0.639. The molecule has 1 atom stereocenters. The van der Waals surface area contributed by atoms with Gasteiger partial charge in [0.1, 0.15) is 5.82 Å². The molecule has 1 saturated heterocycles. The minimum Gasteiger partial charge on any atom is -0.316 e. The third-order valence-electron chi connectivity index (χ3n) is 3.36. The fraction of sp³-hybridized carbons (Fsp3) is 0.500. The maximum atomic E-state index is 4.10. The van der Waals surface area contributed by atoms with Crippen molar-refractivity contribution in [2.75, 3.05) is 13.1 Å². The summed E-state index contributed by atoms with van der Waals surface area (Å²) >= 11 is 0. The smallest absolute Gasteiger partial charge is 0.160 e. The van der Waals surface area contributed by atoms with Crippen molar-refractivity contribution >= 4 is 5.65 Å². The molecule has 0 aromatic carbocycles. The van der Waals surface area contributed by atoms with E-state index in [1.54, 1.807) is 0 Å². The van der Waals surface area contributed by atoms with E-state index in [0.717, 1.165) is 24.6 Å². The SMILES string of the molecule is Cc1nnc2ccc(C3CCCNC3)cn12. The molecule has 0 aliphatic carbocycles. The maximum Gasteiger partial charge on any atom is 0.160 e. The molecule has 1 unspecified atom stereocenters. The molecule has 0 radical (unpaired) electrons. The van der Waals surface area contributed by atoms with E-state index < -0.39 is 0 Å². The number of hydrogen-bond donors (Lipinski definition) is 1. The molecular weight excluding hydrogens is 200 g/mol. The highest BCUT2D eigenvalue weighted by Crippen LogP contribution is 2.23. The molecular formula is C12H16N4. The van der Waals surface area contributed by atoms with Gasteiger partial charge in [0.25, 0.3) is 0 Å². The van der Waals surface area contributed by atoms with Crippen LogP contribution in [0, 0.1) is 6.92 Å². The Balaban J connectivity index is 1.99. The molecule has 4 nitrogen and oxygen atoms in total. The molecule has 4 heteroatoms. The van der Waals surface area contributed by atoms with Crippen molar-refractivity contribution in [2.24, 2.45) is 0 Å². The van der Waals surface area contributed by atoms with Crippen molar-refractivity contribution < 1.29 is 0 Å². The predicted octanol–water partition coefficient (Wildman–Crippen LogP) is 1.50. The molecule has 2 aromatic heterocycles. The zero-order valence-corrected chi connectivity index (χ0v) is 9.48. The highest BCUT2D eigenvalue weighted by atomic mass is 15.2. The zero-order chi connectivity index (χ0) is 11.0. The second kappa shape index (κ2) is 3.87. The summed E-state index contributed by atoms with van der Waals surface area (Å²) in [5, 5.41) is 11.6. The average Bonchev–Trinajstić information content (AvgIpc) is 2.72. The zero-order valence-electron chi connectivity index (χ0n) is 9.48. The van der Waals surface area contributed by atoms with Gasteiger partial charge in [-0.3, -0.25) is 4.40 Å². The fourth-order valence-electron chi connectivity index (χ4n) is 2.40. The van der Waals surface area contributed by atoms with Crippen LogP contribution in [0.4, 0.5) is 0 Å². The van der Waals surface area contributed by atoms with Gasteiger partial charge in [-0.1, -0.05) is 6.07 Å². The Morgan fingerprint density at radius 3 is 3.12 bits per heavy atom. The summed E-state index contributed by atoms with van der Waals surface area (Å²) in [5.41, 5.74) is 2.33. The first-order chi connectivity index (χ1) is 7.84. The van der Waals surface area contributed by atoms with Crippen LogP contribution in [0.2, 0.25) is 0 Å². The molecule has 1 N–H and O–H groups in total. The molecule has 0 saturated carbocycles. The van der Waals surface area contributed by atoms with Gasteiger partial charge in [0.15, 0.2) is 5.65 Å². The van der Waals surface area contributed by atoms with E-state index in [0.29, 0.717) is 5.92 Å². The van der Waals surface area contributed by atoms with E-state index in [-0.39, 0.29) is 0 Å².